The number of carbonyl (C=O) groups is 1. The molecule has 0 unspecified atom stereocenters. The minimum absolute atomic E-state index is 0. The summed E-state index contributed by atoms with van der Waals surface area (Å²) in [5.74, 6) is -0.828. The third-order valence-corrected chi connectivity index (χ3v) is 4.99. The third kappa shape index (κ3) is 4.58. The van der Waals surface area contributed by atoms with Crippen LogP contribution in [0.4, 0.5) is 23.4 Å². The van der Waals surface area contributed by atoms with Crippen LogP contribution in [-0.2, 0) is 9.53 Å². The zero-order valence-corrected chi connectivity index (χ0v) is 16.1. The third-order valence-electron chi connectivity index (χ3n) is 4.99. The average Bonchev–Trinajstić information content (AvgIpc) is 3.15. The fraction of sp³-hybridized carbons (Fsp3) is 0.368. The lowest BCUT2D eigenvalue weighted by molar-refractivity contribution is -0.142. The summed E-state index contributed by atoms with van der Waals surface area (Å²) in [4.78, 5) is 28.1. The molecule has 0 atom stereocenters. The van der Waals surface area contributed by atoms with E-state index >= 15 is 0 Å². The maximum absolute atomic E-state index is 13.6. The van der Waals surface area contributed by atoms with Crippen molar-refractivity contribution in [2.75, 3.05) is 25.1 Å². The number of aromatic nitrogens is 4. The van der Waals surface area contributed by atoms with Gasteiger partial charge in [0.2, 0.25) is 5.91 Å². The summed E-state index contributed by atoms with van der Waals surface area (Å²) >= 11 is 0. The topological polar surface area (TPSA) is 105 Å². The van der Waals surface area contributed by atoms with Crippen molar-refractivity contribution in [2.24, 2.45) is 0 Å². The fourth-order valence-electron chi connectivity index (χ4n) is 3.44. The smallest absolute Gasteiger partial charge is 0.381 e. The van der Waals surface area contributed by atoms with Gasteiger partial charge in [-0.15, -0.1) is 0 Å². The highest BCUT2D eigenvalue weighted by molar-refractivity contribution is 5.92. The summed E-state index contributed by atoms with van der Waals surface area (Å²) in [6, 6.07) is 2.80. The van der Waals surface area contributed by atoms with E-state index in [0.29, 0.717) is 16.6 Å². The largest absolute Gasteiger partial charge is 0.405 e. The highest BCUT2D eigenvalue weighted by atomic mass is 19.4. The van der Waals surface area contributed by atoms with Gasteiger partial charge in [-0.25, -0.2) is 19.3 Å². The number of pyridine rings is 1. The minimum Gasteiger partial charge on any atom is -0.381 e. The molecule has 170 valence electrons. The van der Waals surface area contributed by atoms with Gasteiger partial charge in [0.25, 0.3) is 0 Å². The molecule has 1 aliphatic heterocycles. The van der Waals surface area contributed by atoms with Crippen molar-refractivity contribution in [3.05, 3.63) is 36.5 Å². The van der Waals surface area contributed by atoms with Gasteiger partial charge in [0, 0.05) is 53.7 Å². The number of H-pyrrole nitrogens is 1. The summed E-state index contributed by atoms with van der Waals surface area (Å²) in [5, 5.41) is 5.40. The van der Waals surface area contributed by atoms with Gasteiger partial charge in [-0.2, -0.15) is 13.2 Å². The van der Waals surface area contributed by atoms with Crippen molar-refractivity contribution in [1.82, 2.24) is 25.3 Å². The predicted octanol–water partition coefficient (Wildman–Crippen LogP) is 3.54. The molecule has 0 aliphatic carbocycles. The molecule has 1 aliphatic rings. The van der Waals surface area contributed by atoms with E-state index < -0.39 is 30.0 Å². The lowest BCUT2D eigenvalue weighted by Gasteiger charge is -2.37. The van der Waals surface area contributed by atoms with Crippen LogP contribution in [0.25, 0.3) is 22.4 Å². The molecule has 0 spiro atoms. The van der Waals surface area contributed by atoms with Crippen LogP contribution in [0, 0.1) is 5.82 Å². The van der Waals surface area contributed by atoms with Gasteiger partial charge in [0.15, 0.2) is 5.82 Å². The highest BCUT2D eigenvalue weighted by Crippen LogP contribution is 2.29. The number of amides is 1. The molecule has 31 heavy (non-hydrogen) atoms. The van der Waals surface area contributed by atoms with Crippen LogP contribution in [0.2, 0.25) is 0 Å². The average molecular weight is 444 g/mol. The Morgan fingerprint density at radius 2 is 2.06 bits per heavy atom. The molecule has 0 aromatic carbocycles. The normalized spacial score (nSPS) is 16.3. The summed E-state index contributed by atoms with van der Waals surface area (Å²) in [6.07, 6.45) is -0.0947. The molecule has 12 heteroatoms. The molecular formula is C19H24F4N6O2. The second-order valence-electron chi connectivity index (χ2n) is 7.13. The predicted molar refractivity (Wildman–Crippen MR) is 109 cm³/mol. The van der Waals surface area contributed by atoms with E-state index in [0.717, 1.165) is 6.20 Å². The number of alkyl halides is 3. The maximum Gasteiger partial charge on any atom is 0.405 e. The van der Waals surface area contributed by atoms with Gasteiger partial charge in [-0.05, 0) is 12.1 Å². The number of ether oxygens (including phenoxy) is 1. The Morgan fingerprint density at radius 3 is 2.81 bits per heavy atom. The second-order valence-corrected chi connectivity index (χ2v) is 7.13. The van der Waals surface area contributed by atoms with E-state index in [-0.39, 0.29) is 42.0 Å². The standard InChI is InChI=1S/C19H18F4N6O2.3H2/c20-11-7-12-13(9-26-15(12)25-8-11)16-24-4-1-14(28-16)29-18(2-5-31-6-3-18)17(30)27-10-19(21,22)23;;;/h1,4,7-9H,2-3,5-6,10H2,(H,25,26)(H,27,30)(H,24,28,29);3*1H. The molecular weight excluding hydrogens is 420 g/mol. The zero-order chi connectivity index (χ0) is 22.1. The summed E-state index contributed by atoms with van der Waals surface area (Å²) in [6.45, 7) is -1.02. The van der Waals surface area contributed by atoms with Crippen LogP contribution in [0.3, 0.4) is 0 Å². The Morgan fingerprint density at radius 1 is 1.29 bits per heavy atom. The van der Waals surface area contributed by atoms with Crippen molar-refractivity contribution in [1.29, 1.82) is 0 Å². The Kier molecular flexibility index (Phi) is 5.48. The van der Waals surface area contributed by atoms with Gasteiger partial charge in [-0.3, -0.25) is 4.79 Å². The lowest BCUT2D eigenvalue weighted by Crippen LogP contribution is -2.57. The first kappa shape index (κ1) is 21.0. The van der Waals surface area contributed by atoms with E-state index in [1.807, 2.05) is 5.32 Å². The quantitative estimate of drug-likeness (QED) is 0.520. The van der Waals surface area contributed by atoms with Crippen molar-refractivity contribution in [3.8, 4) is 11.4 Å². The Labute approximate surface area is 177 Å². The number of hydrogen-bond acceptors (Lipinski definition) is 6. The maximum atomic E-state index is 13.6. The van der Waals surface area contributed by atoms with Crippen LogP contribution >= 0.6 is 0 Å². The molecule has 4 rings (SSSR count). The van der Waals surface area contributed by atoms with Gasteiger partial charge in [-0.1, -0.05) is 0 Å². The van der Waals surface area contributed by atoms with Gasteiger partial charge < -0.3 is 20.4 Å². The second kappa shape index (κ2) is 8.10. The number of anilines is 1. The van der Waals surface area contributed by atoms with E-state index in [1.54, 1.807) is 6.20 Å². The number of rotatable bonds is 5. The monoisotopic (exact) mass is 444 g/mol. The van der Waals surface area contributed by atoms with Crippen LogP contribution < -0.4 is 10.6 Å². The van der Waals surface area contributed by atoms with Crippen molar-refractivity contribution in [2.45, 2.75) is 24.6 Å². The molecule has 0 saturated carbocycles. The molecule has 0 radical (unpaired) electrons. The van der Waals surface area contributed by atoms with Gasteiger partial charge >= 0.3 is 6.18 Å². The van der Waals surface area contributed by atoms with Gasteiger partial charge in [0.05, 0.1) is 6.20 Å². The number of halogens is 4. The molecule has 1 fully saturated rings. The van der Waals surface area contributed by atoms with Crippen LogP contribution in [0.5, 0.6) is 0 Å². The fourth-order valence-corrected chi connectivity index (χ4v) is 3.44. The van der Waals surface area contributed by atoms with E-state index in [1.165, 1.54) is 18.3 Å². The van der Waals surface area contributed by atoms with Crippen LogP contribution in [0.15, 0.2) is 30.7 Å². The van der Waals surface area contributed by atoms with Gasteiger partial charge in [0.1, 0.15) is 29.4 Å². The summed E-state index contributed by atoms with van der Waals surface area (Å²) < 4.78 is 56.7. The number of hydrogen-bond donors (Lipinski definition) is 3. The first-order valence-corrected chi connectivity index (χ1v) is 9.43. The molecule has 8 nitrogen and oxygen atoms in total. The number of carbonyl (C=O) groups excluding carboxylic acids is 1. The number of aromatic amines is 1. The highest BCUT2D eigenvalue weighted by Gasteiger charge is 2.42. The molecule has 3 aromatic heterocycles. The first-order chi connectivity index (χ1) is 14.8. The number of nitrogens with one attached hydrogen (secondary N) is 3. The van der Waals surface area contributed by atoms with E-state index in [4.69, 9.17) is 4.74 Å². The van der Waals surface area contributed by atoms with E-state index in [9.17, 15) is 22.4 Å². The van der Waals surface area contributed by atoms with Crippen molar-refractivity contribution >= 4 is 22.8 Å². The Hall–Kier alpha value is -3.28. The Balaban J connectivity index is 0.00000193. The molecule has 4 heterocycles. The zero-order valence-electron chi connectivity index (χ0n) is 16.1. The van der Waals surface area contributed by atoms with Crippen molar-refractivity contribution < 1.29 is 31.4 Å². The molecule has 1 saturated heterocycles. The van der Waals surface area contributed by atoms with E-state index in [2.05, 4.69) is 25.3 Å². The molecule has 1 amide bonds. The molecule has 3 N–H and O–H groups in total. The SMILES string of the molecule is O=C(NCC(F)(F)F)C1(Nc2ccnc(-c3c[nH]c4ncc(F)cc34)n2)CCOCC1.[HH].[HH].[HH]. The first-order valence-electron chi connectivity index (χ1n) is 9.43. The molecule has 3 aromatic rings. The van der Waals surface area contributed by atoms with Crippen LogP contribution in [-0.4, -0.2) is 57.3 Å². The van der Waals surface area contributed by atoms with Crippen molar-refractivity contribution in [3.63, 3.8) is 0 Å². The Bertz CT molecular complexity index is 1110. The number of fused-ring (bicyclic) bond motifs is 1. The lowest BCUT2D eigenvalue weighted by atomic mass is 9.88. The summed E-state index contributed by atoms with van der Waals surface area (Å²) in [7, 11) is 0. The minimum atomic E-state index is -4.53. The number of nitrogens with zero attached hydrogens (tertiary/aromatic N) is 3. The summed E-state index contributed by atoms with van der Waals surface area (Å²) in [5.41, 5.74) is -0.373. The molecule has 0 bridgehead atoms. The van der Waals surface area contributed by atoms with Crippen LogP contribution in [0.1, 0.15) is 17.1 Å².